The molecule has 0 bridgehead atoms. The van der Waals surface area contributed by atoms with Crippen LogP contribution in [0.5, 0.6) is 0 Å². The van der Waals surface area contributed by atoms with E-state index in [4.69, 9.17) is 4.74 Å². The zero-order valence-corrected chi connectivity index (χ0v) is 25.3. The van der Waals surface area contributed by atoms with E-state index in [-0.39, 0.29) is 35.5 Å². The van der Waals surface area contributed by atoms with Gasteiger partial charge in [-0.15, -0.1) is 11.8 Å². The Labute approximate surface area is 252 Å². The molecule has 42 heavy (non-hydrogen) atoms. The second-order valence-electron chi connectivity index (χ2n) is 12.4. The summed E-state index contributed by atoms with van der Waals surface area (Å²) < 4.78 is 4.60. The standard InChI is InChI=1S/C32H42N4O5S/c1-22(2)20-24(21-37)36-28-31(40)34(15-14-33-16-18-41-19-17-33)12-7-11-32(28)27(30(36)39)26-25(42-32)10-6-13-35(29(26)38)23-8-4-3-5-9-23/h3-11,22,24-28,37H,12-21H2,1-2H3/t24-,25-,26+,27+,28?,32+/m1/s1. The third kappa shape index (κ3) is 5.10. The van der Waals surface area contributed by atoms with Crippen molar-refractivity contribution in [1.29, 1.82) is 0 Å². The normalized spacial score (nSPS) is 32.2. The maximum atomic E-state index is 14.6. The number of thioether (sulfide) groups is 1. The van der Waals surface area contributed by atoms with Gasteiger partial charge in [-0.25, -0.2) is 0 Å². The Morgan fingerprint density at radius 2 is 1.76 bits per heavy atom. The molecule has 226 valence electrons. The molecule has 5 aliphatic heterocycles. The molecule has 1 spiro atoms. The number of benzene rings is 1. The lowest BCUT2D eigenvalue weighted by molar-refractivity contribution is -0.146. The van der Waals surface area contributed by atoms with Crippen LogP contribution in [-0.2, 0) is 19.1 Å². The SMILES string of the molecule is CC(C)C[C@H](CO)N1C(=O)[C@@H]2[C@H]3C(=O)N(c4ccccc4)CC=C[C@H]3S[C@@]23C=CCN(CCN2CCOCC2)C(=O)C13. The van der Waals surface area contributed by atoms with Gasteiger partial charge in [0.1, 0.15) is 6.04 Å². The zero-order chi connectivity index (χ0) is 29.4. The monoisotopic (exact) mass is 594 g/mol. The second-order valence-corrected chi connectivity index (χ2v) is 13.9. The molecule has 5 heterocycles. The van der Waals surface area contributed by atoms with Crippen LogP contribution >= 0.6 is 11.8 Å². The predicted octanol–water partition coefficient (Wildman–Crippen LogP) is 2.02. The highest BCUT2D eigenvalue weighted by Gasteiger charge is 2.71. The number of para-hydroxylation sites is 1. The molecular formula is C32H42N4O5S. The third-order valence-corrected chi connectivity index (χ3v) is 11.1. The van der Waals surface area contributed by atoms with Crippen molar-refractivity contribution in [2.24, 2.45) is 17.8 Å². The summed E-state index contributed by atoms with van der Waals surface area (Å²) in [6.45, 7) is 9.14. The van der Waals surface area contributed by atoms with Crippen LogP contribution in [0.1, 0.15) is 20.3 Å². The summed E-state index contributed by atoms with van der Waals surface area (Å²) in [4.78, 5) is 51.2. The molecule has 3 amide bonds. The highest BCUT2D eigenvalue weighted by molar-refractivity contribution is 8.02. The van der Waals surface area contributed by atoms with Gasteiger partial charge in [-0.2, -0.15) is 0 Å². The number of fused-ring (bicyclic) bond motifs is 2. The molecule has 0 aliphatic carbocycles. The number of rotatable bonds is 8. The average molecular weight is 595 g/mol. The van der Waals surface area contributed by atoms with Crippen molar-refractivity contribution in [3.05, 3.63) is 54.6 Å². The Bertz CT molecular complexity index is 1230. The highest BCUT2D eigenvalue weighted by Crippen LogP contribution is 2.61. The van der Waals surface area contributed by atoms with Gasteiger partial charge in [0.2, 0.25) is 17.7 Å². The van der Waals surface area contributed by atoms with Crippen LogP contribution < -0.4 is 4.90 Å². The molecule has 6 rings (SSSR count). The zero-order valence-electron chi connectivity index (χ0n) is 24.5. The first-order valence-corrected chi connectivity index (χ1v) is 16.1. The summed E-state index contributed by atoms with van der Waals surface area (Å²) in [5, 5.41) is 10.3. The van der Waals surface area contributed by atoms with Crippen molar-refractivity contribution in [3.63, 3.8) is 0 Å². The van der Waals surface area contributed by atoms with Crippen molar-refractivity contribution >= 4 is 35.2 Å². The molecular weight excluding hydrogens is 552 g/mol. The maximum absolute atomic E-state index is 14.6. The number of likely N-dealkylation sites (tertiary alicyclic amines) is 1. The Hall–Kier alpha value is -2.66. The summed E-state index contributed by atoms with van der Waals surface area (Å²) in [6, 6.07) is 8.30. The van der Waals surface area contributed by atoms with E-state index < -0.39 is 28.7 Å². The second kappa shape index (κ2) is 12.1. The Morgan fingerprint density at radius 1 is 1.00 bits per heavy atom. The van der Waals surface area contributed by atoms with E-state index in [0.717, 1.165) is 25.3 Å². The summed E-state index contributed by atoms with van der Waals surface area (Å²) in [7, 11) is 0. The molecule has 0 aromatic heterocycles. The number of ether oxygens (including phenoxy) is 1. The lowest BCUT2D eigenvalue weighted by atomic mass is 9.78. The number of morpholine rings is 1. The fourth-order valence-corrected chi connectivity index (χ4v) is 9.46. The van der Waals surface area contributed by atoms with Crippen LogP contribution in [0, 0.1) is 17.8 Å². The van der Waals surface area contributed by atoms with Gasteiger partial charge in [-0.3, -0.25) is 19.3 Å². The largest absolute Gasteiger partial charge is 0.394 e. The number of carbonyl (C=O) groups is 3. The highest BCUT2D eigenvalue weighted by atomic mass is 32.2. The predicted molar refractivity (Wildman–Crippen MR) is 163 cm³/mol. The average Bonchev–Trinajstić information content (AvgIpc) is 3.32. The fourth-order valence-electron chi connectivity index (χ4n) is 7.46. The minimum atomic E-state index is -0.888. The molecule has 10 heteroatoms. The fraction of sp³-hybridized carbons (Fsp3) is 0.594. The number of hydrogen-bond donors (Lipinski definition) is 1. The van der Waals surface area contributed by atoms with Crippen LogP contribution in [0.4, 0.5) is 5.69 Å². The van der Waals surface area contributed by atoms with Gasteiger partial charge in [0.25, 0.3) is 0 Å². The summed E-state index contributed by atoms with van der Waals surface area (Å²) >= 11 is 1.59. The molecule has 1 aromatic rings. The Kier molecular flexibility index (Phi) is 8.51. The minimum Gasteiger partial charge on any atom is -0.394 e. The van der Waals surface area contributed by atoms with Crippen molar-refractivity contribution in [2.75, 3.05) is 64.0 Å². The number of nitrogens with zero attached hydrogens (tertiary/aromatic N) is 4. The third-order valence-electron chi connectivity index (χ3n) is 9.39. The van der Waals surface area contributed by atoms with E-state index >= 15 is 0 Å². The van der Waals surface area contributed by atoms with Crippen molar-refractivity contribution in [2.45, 2.75) is 42.3 Å². The molecule has 0 radical (unpaired) electrons. The van der Waals surface area contributed by atoms with Gasteiger partial charge >= 0.3 is 0 Å². The number of amides is 3. The molecule has 9 nitrogen and oxygen atoms in total. The number of hydrogen-bond acceptors (Lipinski definition) is 7. The van der Waals surface area contributed by atoms with E-state index in [1.807, 2.05) is 47.4 Å². The van der Waals surface area contributed by atoms with Gasteiger partial charge < -0.3 is 24.5 Å². The topological polar surface area (TPSA) is 93.6 Å². The van der Waals surface area contributed by atoms with E-state index in [1.54, 1.807) is 21.6 Å². The molecule has 3 saturated heterocycles. The van der Waals surface area contributed by atoms with E-state index in [2.05, 4.69) is 30.9 Å². The summed E-state index contributed by atoms with van der Waals surface area (Å²) in [6.07, 6.45) is 8.75. The van der Waals surface area contributed by atoms with Gasteiger partial charge in [0, 0.05) is 50.2 Å². The molecule has 5 aliphatic rings. The van der Waals surface area contributed by atoms with Crippen molar-refractivity contribution in [1.82, 2.24) is 14.7 Å². The molecule has 1 unspecified atom stereocenters. The van der Waals surface area contributed by atoms with Crippen LogP contribution in [-0.4, -0.2) is 119 Å². The van der Waals surface area contributed by atoms with Crippen molar-refractivity contribution in [3.8, 4) is 0 Å². The number of aliphatic hydroxyl groups is 1. The van der Waals surface area contributed by atoms with Gasteiger partial charge in [-0.1, -0.05) is 56.4 Å². The van der Waals surface area contributed by atoms with Gasteiger partial charge in [0.15, 0.2) is 0 Å². The maximum Gasteiger partial charge on any atom is 0.247 e. The van der Waals surface area contributed by atoms with Gasteiger partial charge in [0.05, 0.1) is 42.4 Å². The van der Waals surface area contributed by atoms with Crippen molar-refractivity contribution < 1.29 is 24.2 Å². The van der Waals surface area contributed by atoms with Crippen LogP contribution in [0.3, 0.4) is 0 Å². The summed E-state index contributed by atoms with van der Waals surface area (Å²) in [5.41, 5.74) is 0.799. The van der Waals surface area contributed by atoms with Crippen LogP contribution in [0.15, 0.2) is 54.6 Å². The number of carbonyl (C=O) groups excluding carboxylic acids is 3. The first-order valence-electron chi connectivity index (χ1n) is 15.3. The molecule has 1 aromatic carbocycles. The number of anilines is 1. The minimum absolute atomic E-state index is 0.0850. The van der Waals surface area contributed by atoms with E-state index in [9.17, 15) is 19.5 Å². The first kappa shape index (κ1) is 29.4. The van der Waals surface area contributed by atoms with Crippen LogP contribution in [0.25, 0.3) is 0 Å². The quantitative estimate of drug-likeness (QED) is 0.461. The summed E-state index contributed by atoms with van der Waals surface area (Å²) in [5.74, 6) is -1.45. The Balaban J connectivity index is 1.37. The lowest BCUT2D eigenvalue weighted by Crippen LogP contribution is -2.57. The first-order chi connectivity index (χ1) is 20.4. The van der Waals surface area contributed by atoms with E-state index in [1.165, 1.54) is 0 Å². The van der Waals surface area contributed by atoms with Gasteiger partial charge in [-0.05, 0) is 24.5 Å². The van der Waals surface area contributed by atoms with Crippen LogP contribution in [0.2, 0.25) is 0 Å². The molecule has 0 saturated carbocycles. The smallest absolute Gasteiger partial charge is 0.247 e. The lowest BCUT2D eigenvalue weighted by Gasteiger charge is -2.39. The molecule has 3 fully saturated rings. The molecule has 1 N–H and O–H groups in total. The number of aliphatic hydroxyl groups excluding tert-OH is 1. The Morgan fingerprint density at radius 3 is 2.48 bits per heavy atom. The molecule has 6 atom stereocenters. The van der Waals surface area contributed by atoms with E-state index in [0.29, 0.717) is 39.3 Å².